The largest absolute Gasteiger partial charge is 0.489 e. The van der Waals surface area contributed by atoms with Gasteiger partial charge in [-0.2, -0.15) is 0 Å². The molecule has 0 unspecified atom stereocenters. The second kappa shape index (κ2) is 7.40. The summed E-state index contributed by atoms with van der Waals surface area (Å²) in [6.45, 7) is 2.09. The topological polar surface area (TPSA) is 42.7 Å². The minimum Gasteiger partial charge on any atom is -0.489 e. The number of hydrogen-bond donors (Lipinski definition) is 0. The normalized spacial score (nSPS) is 16.1. The van der Waals surface area contributed by atoms with Gasteiger partial charge in [0.25, 0.3) is 0 Å². The smallest absolute Gasteiger partial charge is 0.344 e. The van der Waals surface area contributed by atoms with Crippen LogP contribution in [0.15, 0.2) is 57.7 Å². The Morgan fingerprint density at radius 2 is 1.85 bits per heavy atom. The molecule has 0 saturated carbocycles. The number of halogens is 1. The van der Waals surface area contributed by atoms with E-state index in [0.29, 0.717) is 11.1 Å². The van der Waals surface area contributed by atoms with E-state index in [1.54, 1.807) is 0 Å². The molecule has 0 radical (unpaired) electrons. The number of fused-ring (bicyclic) bond motifs is 1. The Morgan fingerprint density at radius 1 is 1.12 bits per heavy atom. The van der Waals surface area contributed by atoms with Crippen LogP contribution in [0.4, 0.5) is 0 Å². The Kier molecular flexibility index (Phi) is 5.00. The van der Waals surface area contributed by atoms with Crippen molar-refractivity contribution in [3.05, 3.63) is 62.5 Å². The molecule has 1 aliphatic rings. The van der Waals surface area contributed by atoms with Crippen LogP contribution < -0.4 is 10.4 Å². The first-order valence-electron chi connectivity index (χ1n) is 8.79. The predicted octanol–water partition coefficient (Wildman–Crippen LogP) is 4.54. The van der Waals surface area contributed by atoms with Crippen LogP contribution in [-0.4, -0.2) is 31.1 Å². The fourth-order valence-corrected chi connectivity index (χ4v) is 4.05. The van der Waals surface area contributed by atoms with Gasteiger partial charge in [-0.1, -0.05) is 30.3 Å². The molecule has 5 heteroatoms. The average Bonchev–Trinajstić information content (AvgIpc) is 2.66. The van der Waals surface area contributed by atoms with Crippen molar-refractivity contribution in [2.24, 2.45) is 0 Å². The molecule has 2 aromatic carbocycles. The molecule has 0 atom stereocenters. The molecule has 0 aliphatic carbocycles. The highest BCUT2D eigenvalue weighted by atomic mass is 127. The first kappa shape index (κ1) is 17.5. The first-order chi connectivity index (χ1) is 12.6. The lowest BCUT2D eigenvalue weighted by Crippen LogP contribution is -2.35. The molecule has 4 nitrogen and oxygen atoms in total. The van der Waals surface area contributed by atoms with Crippen LogP contribution in [0.25, 0.3) is 22.1 Å². The Balaban J connectivity index is 1.69. The van der Waals surface area contributed by atoms with Crippen molar-refractivity contribution in [3.8, 4) is 16.9 Å². The van der Waals surface area contributed by atoms with Gasteiger partial charge in [0.2, 0.25) is 0 Å². The van der Waals surface area contributed by atoms with E-state index < -0.39 is 0 Å². The monoisotopic (exact) mass is 461 g/mol. The van der Waals surface area contributed by atoms with Crippen molar-refractivity contribution >= 4 is 33.6 Å². The van der Waals surface area contributed by atoms with E-state index in [9.17, 15) is 4.79 Å². The van der Waals surface area contributed by atoms with Gasteiger partial charge < -0.3 is 14.1 Å². The number of hydrogen-bond acceptors (Lipinski definition) is 4. The van der Waals surface area contributed by atoms with Gasteiger partial charge in [-0.15, -0.1) is 0 Å². The lowest BCUT2D eigenvalue weighted by atomic mass is 10.1. The zero-order valence-electron chi connectivity index (χ0n) is 14.6. The molecule has 134 valence electrons. The molecule has 0 N–H and O–H groups in total. The molecule has 1 fully saturated rings. The highest BCUT2D eigenvalue weighted by Crippen LogP contribution is 2.32. The highest BCUT2D eigenvalue weighted by Gasteiger charge is 2.20. The molecule has 0 amide bonds. The van der Waals surface area contributed by atoms with Crippen molar-refractivity contribution in [2.75, 3.05) is 20.1 Å². The van der Waals surface area contributed by atoms with Gasteiger partial charge in [-0.05, 0) is 66.2 Å². The molecular weight excluding hydrogens is 441 g/mol. The van der Waals surface area contributed by atoms with Crippen molar-refractivity contribution in [1.82, 2.24) is 4.90 Å². The van der Waals surface area contributed by atoms with E-state index in [0.717, 1.165) is 46.2 Å². The summed E-state index contributed by atoms with van der Waals surface area (Å²) >= 11 is 2.21. The molecule has 26 heavy (non-hydrogen) atoms. The number of piperidine rings is 1. The number of ether oxygens (including phenoxy) is 1. The SMILES string of the molecule is CN1CCC(Oc2ccc3cc(-c4ccccc4)c(=O)oc3c2I)CC1. The van der Waals surface area contributed by atoms with Crippen LogP contribution in [-0.2, 0) is 0 Å². The quantitative estimate of drug-likeness (QED) is 0.425. The molecule has 2 heterocycles. The summed E-state index contributed by atoms with van der Waals surface area (Å²) < 4.78 is 12.7. The summed E-state index contributed by atoms with van der Waals surface area (Å²) in [5.74, 6) is 0.795. The molecule has 0 spiro atoms. The van der Waals surface area contributed by atoms with Gasteiger partial charge in [0.15, 0.2) is 5.58 Å². The molecule has 4 rings (SSSR count). The van der Waals surface area contributed by atoms with E-state index >= 15 is 0 Å². The predicted molar refractivity (Wildman–Crippen MR) is 112 cm³/mol. The maximum absolute atomic E-state index is 12.5. The Labute approximate surface area is 165 Å². The molecule has 3 aromatic rings. The van der Waals surface area contributed by atoms with Gasteiger partial charge in [0.1, 0.15) is 11.9 Å². The number of benzene rings is 2. The molecular formula is C21H20INO3. The Bertz CT molecular complexity index is 976. The van der Waals surface area contributed by atoms with E-state index in [-0.39, 0.29) is 11.7 Å². The maximum atomic E-state index is 12.5. The second-order valence-electron chi connectivity index (χ2n) is 6.73. The summed E-state index contributed by atoms with van der Waals surface area (Å²) in [4.78, 5) is 14.8. The van der Waals surface area contributed by atoms with Gasteiger partial charge in [0.05, 0.1) is 9.13 Å². The summed E-state index contributed by atoms with van der Waals surface area (Å²) in [6, 6.07) is 15.5. The molecule has 1 aliphatic heterocycles. The Morgan fingerprint density at radius 3 is 2.58 bits per heavy atom. The van der Waals surface area contributed by atoms with Crippen molar-refractivity contribution in [1.29, 1.82) is 0 Å². The van der Waals surface area contributed by atoms with Gasteiger partial charge >= 0.3 is 5.63 Å². The summed E-state index contributed by atoms with van der Waals surface area (Å²) in [6.07, 6.45) is 2.25. The van der Waals surface area contributed by atoms with Crippen molar-refractivity contribution < 1.29 is 9.15 Å². The maximum Gasteiger partial charge on any atom is 0.344 e. The van der Waals surface area contributed by atoms with Gasteiger partial charge in [-0.25, -0.2) is 4.79 Å². The minimum atomic E-state index is -0.321. The zero-order chi connectivity index (χ0) is 18.1. The van der Waals surface area contributed by atoms with E-state index in [1.165, 1.54) is 0 Å². The standard InChI is InChI=1S/C21H20INO3/c1-23-11-9-16(10-12-23)25-18-8-7-15-13-17(14-5-3-2-4-6-14)21(24)26-20(15)19(18)22/h2-8,13,16H,9-12H2,1H3. The van der Waals surface area contributed by atoms with E-state index in [1.807, 2.05) is 48.5 Å². The highest BCUT2D eigenvalue weighted by molar-refractivity contribution is 14.1. The molecule has 1 saturated heterocycles. The van der Waals surface area contributed by atoms with E-state index in [2.05, 4.69) is 34.5 Å². The molecule has 0 bridgehead atoms. The minimum absolute atomic E-state index is 0.215. The third kappa shape index (κ3) is 3.50. The average molecular weight is 461 g/mol. The number of nitrogens with zero attached hydrogens (tertiary/aromatic N) is 1. The van der Waals surface area contributed by atoms with Gasteiger partial charge in [-0.3, -0.25) is 0 Å². The zero-order valence-corrected chi connectivity index (χ0v) is 16.7. The number of rotatable bonds is 3. The third-order valence-corrected chi connectivity index (χ3v) is 5.87. The lowest BCUT2D eigenvalue weighted by Gasteiger charge is -2.29. The van der Waals surface area contributed by atoms with Crippen LogP contribution in [0, 0.1) is 3.57 Å². The second-order valence-corrected chi connectivity index (χ2v) is 7.81. The van der Waals surface area contributed by atoms with Crippen molar-refractivity contribution in [3.63, 3.8) is 0 Å². The van der Waals surface area contributed by atoms with Crippen LogP contribution >= 0.6 is 22.6 Å². The van der Waals surface area contributed by atoms with Crippen LogP contribution in [0.2, 0.25) is 0 Å². The van der Waals surface area contributed by atoms with Crippen LogP contribution in [0.5, 0.6) is 5.75 Å². The van der Waals surface area contributed by atoms with Crippen molar-refractivity contribution in [2.45, 2.75) is 18.9 Å². The van der Waals surface area contributed by atoms with Crippen LogP contribution in [0.3, 0.4) is 0 Å². The van der Waals surface area contributed by atoms with Gasteiger partial charge in [0, 0.05) is 18.5 Å². The molecule has 1 aromatic heterocycles. The third-order valence-electron chi connectivity index (χ3n) is 4.85. The Hall–Kier alpha value is -1.86. The summed E-state index contributed by atoms with van der Waals surface area (Å²) in [7, 11) is 2.13. The number of likely N-dealkylation sites (tertiary alicyclic amines) is 1. The summed E-state index contributed by atoms with van der Waals surface area (Å²) in [5.41, 5.74) is 1.72. The lowest BCUT2D eigenvalue weighted by molar-refractivity contribution is 0.113. The summed E-state index contributed by atoms with van der Waals surface area (Å²) in [5, 5.41) is 0.906. The first-order valence-corrected chi connectivity index (χ1v) is 9.86. The fourth-order valence-electron chi connectivity index (χ4n) is 3.32. The van der Waals surface area contributed by atoms with Crippen LogP contribution in [0.1, 0.15) is 12.8 Å². The van der Waals surface area contributed by atoms with E-state index in [4.69, 9.17) is 9.15 Å². The fraction of sp³-hybridized carbons (Fsp3) is 0.286.